The van der Waals surface area contributed by atoms with E-state index in [-0.39, 0.29) is 6.04 Å². The Kier molecular flexibility index (Phi) is 5.81. The molecule has 34 heavy (non-hydrogen) atoms. The number of aromatic nitrogens is 5. The number of hydrogen-bond acceptors (Lipinski definition) is 6. The van der Waals surface area contributed by atoms with Crippen LogP contribution in [-0.4, -0.2) is 50.6 Å². The standard InChI is InChI=1S/C27H35N7/c1-18-10-25(33-9-3-4-24(16-33)29-12-20-5-6-20)15-30-27(18)19(2)34-17-26(31-32-34)23-11-22(13-28-14-23)21-7-8-21/h10-11,13-15,17,19-21,24,29H,3-9,12,16H2,1-2H3. The molecule has 6 rings (SSSR count). The van der Waals surface area contributed by atoms with E-state index in [2.05, 4.69) is 51.5 Å². The second kappa shape index (κ2) is 9.10. The molecule has 7 nitrogen and oxygen atoms in total. The van der Waals surface area contributed by atoms with Crippen molar-refractivity contribution in [3.05, 3.63) is 53.7 Å². The van der Waals surface area contributed by atoms with E-state index in [9.17, 15) is 0 Å². The Balaban J connectivity index is 1.15. The van der Waals surface area contributed by atoms with Gasteiger partial charge < -0.3 is 10.2 Å². The molecule has 2 unspecified atom stereocenters. The van der Waals surface area contributed by atoms with Crippen molar-refractivity contribution >= 4 is 5.69 Å². The maximum absolute atomic E-state index is 4.90. The van der Waals surface area contributed by atoms with E-state index in [0.717, 1.165) is 36.0 Å². The summed E-state index contributed by atoms with van der Waals surface area (Å²) in [7, 11) is 0. The number of hydrogen-bond donors (Lipinski definition) is 1. The van der Waals surface area contributed by atoms with Gasteiger partial charge in [0.2, 0.25) is 0 Å². The Bertz CT molecular complexity index is 1150. The lowest BCUT2D eigenvalue weighted by atomic mass is 10.0. The first kappa shape index (κ1) is 21.7. The normalized spacial score (nSPS) is 21.6. The third-order valence-corrected chi connectivity index (χ3v) is 7.69. The van der Waals surface area contributed by atoms with Gasteiger partial charge in [-0.15, -0.1) is 5.10 Å². The van der Waals surface area contributed by atoms with Gasteiger partial charge in [-0.05, 0) is 94.0 Å². The minimum absolute atomic E-state index is 0.0178. The van der Waals surface area contributed by atoms with Crippen LogP contribution in [-0.2, 0) is 0 Å². The summed E-state index contributed by atoms with van der Waals surface area (Å²) in [5.41, 5.74) is 6.70. The fourth-order valence-corrected chi connectivity index (χ4v) is 5.18. The monoisotopic (exact) mass is 457 g/mol. The van der Waals surface area contributed by atoms with Crippen LogP contribution in [0.2, 0.25) is 0 Å². The van der Waals surface area contributed by atoms with Crippen LogP contribution in [0.25, 0.3) is 11.3 Å². The molecule has 2 atom stereocenters. The van der Waals surface area contributed by atoms with E-state index in [4.69, 9.17) is 4.98 Å². The molecule has 2 saturated carbocycles. The van der Waals surface area contributed by atoms with Gasteiger partial charge in [-0.2, -0.15) is 0 Å². The third-order valence-electron chi connectivity index (χ3n) is 7.69. The van der Waals surface area contributed by atoms with Gasteiger partial charge in [0, 0.05) is 37.1 Å². The first-order chi connectivity index (χ1) is 16.6. The van der Waals surface area contributed by atoms with E-state index in [1.165, 1.54) is 61.9 Å². The topological polar surface area (TPSA) is 71.8 Å². The summed E-state index contributed by atoms with van der Waals surface area (Å²) in [6.45, 7) is 7.68. The summed E-state index contributed by atoms with van der Waals surface area (Å²) in [4.78, 5) is 11.8. The molecular formula is C27H35N7. The van der Waals surface area contributed by atoms with E-state index >= 15 is 0 Å². The van der Waals surface area contributed by atoms with Crippen molar-refractivity contribution in [2.45, 2.75) is 70.4 Å². The molecule has 3 aromatic rings. The van der Waals surface area contributed by atoms with Gasteiger partial charge in [-0.25, -0.2) is 4.68 Å². The Labute approximate surface area is 202 Å². The average molecular weight is 458 g/mol. The van der Waals surface area contributed by atoms with Gasteiger partial charge in [-0.1, -0.05) is 5.21 Å². The fraction of sp³-hybridized carbons (Fsp3) is 0.556. The van der Waals surface area contributed by atoms with Crippen LogP contribution in [0.4, 0.5) is 5.69 Å². The molecule has 3 aliphatic rings. The molecule has 7 heteroatoms. The SMILES string of the molecule is Cc1cc(N2CCCC(NCC3CC3)C2)cnc1C(C)n1cc(-c2cncc(C3CC3)c2)nn1. The first-order valence-electron chi connectivity index (χ1n) is 13.0. The van der Waals surface area contributed by atoms with Gasteiger partial charge in [0.25, 0.3) is 0 Å². The van der Waals surface area contributed by atoms with Crippen LogP contribution in [0.1, 0.15) is 74.2 Å². The zero-order valence-electron chi connectivity index (χ0n) is 20.3. The van der Waals surface area contributed by atoms with Crippen LogP contribution in [0.3, 0.4) is 0 Å². The van der Waals surface area contributed by atoms with Gasteiger partial charge in [0.05, 0.1) is 29.8 Å². The summed E-state index contributed by atoms with van der Waals surface area (Å²) in [5, 5.41) is 12.7. The molecule has 1 aliphatic heterocycles. The number of rotatable bonds is 8. The number of pyridine rings is 2. The van der Waals surface area contributed by atoms with E-state index in [1.54, 1.807) is 0 Å². The molecule has 1 saturated heterocycles. The Morgan fingerprint density at radius 2 is 1.97 bits per heavy atom. The highest BCUT2D eigenvalue weighted by Crippen LogP contribution is 2.40. The predicted molar refractivity (Wildman–Crippen MR) is 134 cm³/mol. The van der Waals surface area contributed by atoms with Crippen LogP contribution < -0.4 is 10.2 Å². The van der Waals surface area contributed by atoms with Gasteiger partial charge >= 0.3 is 0 Å². The van der Waals surface area contributed by atoms with Gasteiger partial charge in [0.15, 0.2) is 0 Å². The Morgan fingerprint density at radius 1 is 1.09 bits per heavy atom. The van der Waals surface area contributed by atoms with Crippen molar-refractivity contribution < 1.29 is 0 Å². The van der Waals surface area contributed by atoms with Crippen molar-refractivity contribution in [1.82, 2.24) is 30.3 Å². The van der Waals surface area contributed by atoms with Crippen LogP contribution in [0, 0.1) is 12.8 Å². The Morgan fingerprint density at radius 3 is 2.76 bits per heavy atom. The molecule has 0 aromatic carbocycles. The molecule has 0 bridgehead atoms. The second-order valence-electron chi connectivity index (χ2n) is 10.6. The summed E-state index contributed by atoms with van der Waals surface area (Å²) in [6, 6.07) is 5.12. The van der Waals surface area contributed by atoms with Crippen molar-refractivity contribution in [1.29, 1.82) is 0 Å². The van der Waals surface area contributed by atoms with Gasteiger partial charge in [0.1, 0.15) is 5.69 Å². The largest absolute Gasteiger partial charge is 0.369 e. The third kappa shape index (κ3) is 4.71. The van der Waals surface area contributed by atoms with E-state index < -0.39 is 0 Å². The number of nitrogens with one attached hydrogen (secondary N) is 1. The maximum Gasteiger partial charge on any atom is 0.114 e. The molecule has 2 aliphatic carbocycles. The number of piperidine rings is 1. The zero-order valence-corrected chi connectivity index (χ0v) is 20.3. The highest BCUT2D eigenvalue weighted by Gasteiger charge is 2.26. The lowest BCUT2D eigenvalue weighted by Crippen LogP contribution is -2.46. The van der Waals surface area contributed by atoms with E-state index in [1.807, 2.05) is 29.5 Å². The number of aryl methyl sites for hydroxylation is 1. The quantitative estimate of drug-likeness (QED) is 0.537. The lowest BCUT2D eigenvalue weighted by Gasteiger charge is -2.35. The molecule has 0 radical (unpaired) electrons. The maximum atomic E-state index is 4.90. The molecular weight excluding hydrogens is 422 g/mol. The molecule has 0 amide bonds. The first-order valence-corrected chi connectivity index (χ1v) is 13.0. The van der Waals surface area contributed by atoms with Gasteiger partial charge in [-0.3, -0.25) is 9.97 Å². The average Bonchev–Trinajstić information content (AvgIpc) is 3.81. The molecule has 3 aromatic heterocycles. The summed E-state index contributed by atoms with van der Waals surface area (Å²) >= 11 is 0. The van der Waals surface area contributed by atoms with Crippen molar-refractivity contribution in [2.75, 3.05) is 24.5 Å². The van der Waals surface area contributed by atoms with Crippen LogP contribution in [0.5, 0.6) is 0 Å². The number of anilines is 1. The summed E-state index contributed by atoms with van der Waals surface area (Å²) < 4.78 is 1.92. The second-order valence-corrected chi connectivity index (χ2v) is 10.6. The van der Waals surface area contributed by atoms with Crippen molar-refractivity contribution in [2.24, 2.45) is 5.92 Å². The molecule has 4 heterocycles. The minimum atomic E-state index is 0.0178. The zero-order chi connectivity index (χ0) is 23.1. The molecule has 178 valence electrons. The molecule has 1 N–H and O–H groups in total. The van der Waals surface area contributed by atoms with Crippen molar-refractivity contribution in [3.8, 4) is 11.3 Å². The summed E-state index contributed by atoms with van der Waals surface area (Å²) in [6.07, 6.45) is 15.8. The van der Waals surface area contributed by atoms with Crippen molar-refractivity contribution in [3.63, 3.8) is 0 Å². The molecule has 3 fully saturated rings. The molecule has 0 spiro atoms. The van der Waals surface area contributed by atoms with E-state index in [0.29, 0.717) is 12.0 Å². The highest BCUT2D eigenvalue weighted by atomic mass is 15.4. The predicted octanol–water partition coefficient (Wildman–Crippen LogP) is 4.50. The summed E-state index contributed by atoms with van der Waals surface area (Å²) in [5.74, 6) is 1.60. The van der Waals surface area contributed by atoms with Crippen LogP contribution in [0.15, 0.2) is 36.9 Å². The number of nitrogens with zero attached hydrogens (tertiary/aromatic N) is 6. The smallest absolute Gasteiger partial charge is 0.114 e. The minimum Gasteiger partial charge on any atom is -0.369 e. The fourth-order valence-electron chi connectivity index (χ4n) is 5.18. The highest BCUT2D eigenvalue weighted by molar-refractivity contribution is 5.58. The Hall–Kier alpha value is -2.80. The lowest BCUT2D eigenvalue weighted by molar-refractivity contribution is 0.416. The van der Waals surface area contributed by atoms with Crippen LogP contribution >= 0.6 is 0 Å².